The highest BCUT2D eigenvalue weighted by molar-refractivity contribution is 9.10. The average molecular weight is 359 g/mol. The molecule has 1 heterocycles. The number of nitrogens with one attached hydrogen (secondary N) is 1. The van der Waals surface area contributed by atoms with Crippen LogP contribution < -0.4 is 5.32 Å². The van der Waals surface area contributed by atoms with Crippen LogP contribution in [0.15, 0.2) is 34.1 Å². The van der Waals surface area contributed by atoms with Crippen molar-refractivity contribution in [2.24, 2.45) is 0 Å². The summed E-state index contributed by atoms with van der Waals surface area (Å²) in [5.74, 6) is 0. The third-order valence-electron chi connectivity index (χ3n) is 3.05. The number of halogens is 2. The molecule has 0 fully saturated rings. The Kier molecular flexibility index (Phi) is 5.46. The second-order valence-electron chi connectivity index (χ2n) is 4.52. The van der Waals surface area contributed by atoms with Crippen LogP contribution in [0.4, 0.5) is 0 Å². The van der Waals surface area contributed by atoms with Crippen molar-refractivity contribution in [2.75, 3.05) is 6.54 Å². The van der Waals surface area contributed by atoms with E-state index < -0.39 is 0 Å². The van der Waals surface area contributed by atoms with Crippen molar-refractivity contribution in [3.05, 3.63) is 55.1 Å². The third kappa shape index (κ3) is 3.60. The van der Waals surface area contributed by atoms with E-state index in [-0.39, 0.29) is 6.04 Å². The lowest BCUT2D eigenvalue weighted by atomic mass is 10.00. The molecule has 0 spiro atoms. The summed E-state index contributed by atoms with van der Waals surface area (Å²) in [5, 5.41) is 6.54. The molecule has 2 rings (SSSR count). The molecule has 19 heavy (non-hydrogen) atoms. The molecule has 0 amide bonds. The topological polar surface area (TPSA) is 12.0 Å². The van der Waals surface area contributed by atoms with Gasteiger partial charge in [0.2, 0.25) is 0 Å². The van der Waals surface area contributed by atoms with Gasteiger partial charge in [-0.05, 0) is 70.5 Å². The van der Waals surface area contributed by atoms with Crippen LogP contribution in [0.2, 0.25) is 5.02 Å². The van der Waals surface area contributed by atoms with Crippen LogP contribution in [0.3, 0.4) is 0 Å². The molecule has 1 aromatic carbocycles. The number of aryl methyl sites for hydroxylation is 1. The largest absolute Gasteiger partial charge is 0.306 e. The smallest absolute Gasteiger partial charge is 0.0685 e. The van der Waals surface area contributed by atoms with Gasteiger partial charge < -0.3 is 5.32 Å². The summed E-state index contributed by atoms with van der Waals surface area (Å²) in [6.45, 7) is 5.29. The second kappa shape index (κ2) is 6.89. The van der Waals surface area contributed by atoms with Crippen molar-refractivity contribution < 1.29 is 0 Å². The van der Waals surface area contributed by atoms with Gasteiger partial charge in [0.1, 0.15) is 0 Å². The molecule has 1 N–H and O–H groups in total. The van der Waals surface area contributed by atoms with Crippen LogP contribution in [0.1, 0.15) is 35.4 Å². The molecule has 1 unspecified atom stereocenters. The Hall–Kier alpha value is -0.350. The predicted molar refractivity (Wildman–Crippen MR) is 88.3 cm³/mol. The minimum absolute atomic E-state index is 0.228. The molecule has 0 saturated heterocycles. The maximum atomic E-state index is 6.06. The van der Waals surface area contributed by atoms with Crippen LogP contribution in [0.5, 0.6) is 0 Å². The van der Waals surface area contributed by atoms with E-state index in [1.54, 1.807) is 11.3 Å². The maximum Gasteiger partial charge on any atom is 0.0685 e. The quantitative estimate of drug-likeness (QED) is 0.737. The summed E-state index contributed by atoms with van der Waals surface area (Å²) < 4.78 is 1.17. The fourth-order valence-electron chi connectivity index (χ4n) is 2.11. The summed E-state index contributed by atoms with van der Waals surface area (Å²) >= 11 is 11.5. The van der Waals surface area contributed by atoms with Crippen LogP contribution in [0, 0.1) is 6.92 Å². The maximum absolute atomic E-state index is 6.06. The summed E-state index contributed by atoms with van der Waals surface area (Å²) in [5.41, 5.74) is 2.52. The molecule has 1 nitrogen and oxygen atoms in total. The summed E-state index contributed by atoms with van der Waals surface area (Å²) in [6.07, 6.45) is 1.12. The third-order valence-corrected chi connectivity index (χ3v) is 5.22. The molecular weight excluding hydrogens is 342 g/mol. The lowest BCUT2D eigenvalue weighted by Crippen LogP contribution is -2.23. The van der Waals surface area contributed by atoms with Gasteiger partial charge in [-0.25, -0.2) is 0 Å². The zero-order chi connectivity index (χ0) is 13.8. The first-order valence-corrected chi connectivity index (χ1v) is 8.41. The first kappa shape index (κ1) is 15.0. The Labute approximate surface area is 132 Å². The van der Waals surface area contributed by atoms with Crippen LogP contribution in [0.25, 0.3) is 0 Å². The van der Waals surface area contributed by atoms with E-state index >= 15 is 0 Å². The molecule has 102 valence electrons. The van der Waals surface area contributed by atoms with Gasteiger partial charge in [-0.1, -0.05) is 24.6 Å². The van der Waals surface area contributed by atoms with Crippen LogP contribution in [-0.2, 0) is 0 Å². The Balaban J connectivity index is 2.40. The highest BCUT2D eigenvalue weighted by Crippen LogP contribution is 2.35. The Morgan fingerprint density at radius 2 is 2.16 bits per heavy atom. The van der Waals surface area contributed by atoms with Gasteiger partial charge in [0.25, 0.3) is 0 Å². The number of rotatable bonds is 5. The molecule has 1 aromatic heterocycles. The van der Waals surface area contributed by atoms with Crippen molar-refractivity contribution in [2.45, 2.75) is 26.3 Å². The van der Waals surface area contributed by atoms with Crippen molar-refractivity contribution in [3.8, 4) is 0 Å². The standard InChI is InChI=1S/C15H17BrClNS/c1-3-7-18-14(15-13(16)6-8-19-15)12-5-4-11(17)9-10(12)2/h4-6,8-9,14,18H,3,7H2,1-2H3. The lowest BCUT2D eigenvalue weighted by Gasteiger charge is -2.20. The molecule has 4 heteroatoms. The van der Waals surface area contributed by atoms with Crippen molar-refractivity contribution in [1.82, 2.24) is 5.32 Å². The number of hydrogen-bond acceptors (Lipinski definition) is 2. The Morgan fingerprint density at radius 3 is 2.74 bits per heavy atom. The van der Waals surface area contributed by atoms with Gasteiger partial charge in [-0.2, -0.15) is 0 Å². The van der Waals surface area contributed by atoms with Gasteiger partial charge in [-0.3, -0.25) is 0 Å². The fourth-order valence-corrected chi connectivity index (χ4v) is 4.03. The molecule has 0 aliphatic heterocycles. The summed E-state index contributed by atoms with van der Waals surface area (Å²) in [6, 6.07) is 8.44. The Morgan fingerprint density at radius 1 is 1.37 bits per heavy atom. The van der Waals surface area contributed by atoms with Crippen molar-refractivity contribution >= 4 is 38.9 Å². The molecule has 1 atom stereocenters. The first-order valence-electron chi connectivity index (χ1n) is 6.35. The SMILES string of the molecule is CCCNC(c1ccc(Cl)cc1C)c1sccc1Br. The van der Waals surface area contributed by atoms with Crippen molar-refractivity contribution in [3.63, 3.8) is 0 Å². The van der Waals surface area contributed by atoms with Crippen LogP contribution >= 0.6 is 38.9 Å². The molecule has 0 aliphatic rings. The monoisotopic (exact) mass is 357 g/mol. The highest BCUT2D eigenvalue weighted by Gasteiger charge is 2.19. The molecule has 0 aliphatic carbocycles. The van der Waals surface area contributed by atoms with Crippen LogP contribution in [-0.4, -0.2) is 6.54 Å². The minimum atomic E-state index is 0.228. The zero-order valence-corrected chi connectivity index (χ0v) is 14.2. The number of thiophene rings is 1. The van der Waals surface area contributed by atoms with E-state index in [9.17, 15) is 0 Å². The molecule has 2 aromatic rings. The molecule has 0 bridgehead atoms. The van der Waals surface area contributed by atoms with E-state index in [1.165, 1.54) is 20.5 Å². The normalized spacial score (nSPS) is 12.6. The van der Waals surface area contributed by atoms with Crippen molar-refractivity contribution in [1.29, 1.82) is 0 Å². The highest BCUT2D eigenvalue weighted by atomic mass is 79.9. The molecule has 0 saturated carbocycles. The van der Waals surface area contributed by atoms with E-state index in [2.05, 4.69) is 52.6 Å². The summed E-state index contributed by atoms with van der Waals surface area (Å²) in [7, 11) is 0. The zero-order valence-electron chi connectivity index (χ0n) is 11.0. The number of hydrogen-bond donors (Lipinski definition) is 1. The molecule has 0 radical (unpaired) electrons. The van der Waals surface area contributed by atoms with E-state index in [0.29, 0.717) is 0 Å². The van der Waals surface area contributed by atoms with E-state index in [1.807, 2.05) is 12.1 Å². The van der Waals surface area contributed by atoms with Gasteiger partial charge in [0.15, 0.2) is 0 Å². The predicted octanol–water partition coefficient (Wildman–Crippen LogP) is 5.56. The summed E-state index contributed by atoms with van der Waals surface area (Å²) in [4.78, 5) is 1.32. The number of benzene rings is 1. The molecular formula is C15H17BrClNS. The lowest BCUT2D eigenvalue weighted by molar-refractivity contribution is 0.602. The fraction of sp³-hybridized carbons (Fsp3) is 0.333. The van der Waals surface area contributed by atoms with Gasteiger partial charge in [0.05, 0.1) is 6.04 Å². The van der Waals surface area contributed by atoms with E-state index in [4.69, 9.17) is 11.6 Å². The van der Waals surface area contributed by atoms with Gasteiger partial charge >= 0.3 is 0 Å². The van der Waals surface area contributed by atoms with E-state index in [0.717, 1.165) is 18.0 Å². The first-order chi connectivity index (χ1) is 9.13. The minimum Gasteiger partial charge on any atom is -0.306 e. The van der Waals surface area contributed by atoms with Gasteiger partial charge in [0, 0.05) is 14.4 Å². The average Bonchev–Trinajstić information content (AvgIpc) is 2.78. The Bertz CT molecular complexity index is 553. The van der Waals surface area contributed by atoms with Gasteiger partial charge in [-0.15, -0.1) is 11.3 Å². The second-order valence-corrected chi connectivity index (χ2v) is 6.76.